The van der Waals surface area contributed by atoms with Crippen LogP contribution in [0.25, 0.3) is 0 Å². The van der Waals surface area contributed by atoms with Gasteiger partial charge in [0.15, 0.2) is 0 Å². The van der Waals surface area contributed by atoms with Crippen LogP contribution in [0.1, 0.15) is 35.6 Å². The third-order valence-corrected chi connectivity index (χ3v) is 7.27. The molecule has 3 aromatic carbocycles. The average Bonchev–Trinajstić information content (AvgIpc) is 2.92. The fourth-order valence-electron chi connectivity index (χ4n) is 5.28. The molecule has 1 fully saturated rings. The average molecular weight is 488 g/mol. The molecule has 0 aromatic heterocycles. The van der Waals surface area contributed by atoms with E-state index in [0.29, 0.717) is 37.7 Å². The quantitative estimate of drug-likeness (QED) is 0.512. The van der Waals surface area contributed by atoms with Gasteiger partial charge in [0, 0.05) is 31.6 Å². The second kappa shape index (κ2) is 10.7. The Hall–Kier alpha value is -3.39. The molecule has 2 atom stereocenters. The molecule has 0 unspecified atom stereocenters. The maximum absolute atomic E-state index is 13.3. The highest BCUT2D eigenvalue weighted by molar-refractivity contribution is 5.95. The number of aryl methyl sites for hydroxylation is 1. The summed E-state index contributed by atoms with van der Waals surface area (Å²) in [5.41, 5.74) is 10.3. The van der Waals surface area contributed by atoms with E-state index >= 15 is 0 Å². The number of aromatic hydroxyl groups is 1. The lowest BCUT2D eigenvalue weighted by Crippen LogP contribution is -2.44. The molecule has 2 aliphatic rings. The number of hydroxylamine groups is 2. The van der Waals surface area contributed by atoms with Gasteiger partial charge in [-0.25, -0.2) is 9.69 Å². The number of fused-ring (bicyclic) bond motifs is 1. The van der Waals surface area contributed by atoms with Crippen molar-refractivity contribution in [3.63, 3.8) is 0 Å². The molecule has 36 heavy (non-hydrogen) atoms. The number of anilines is 2. The molecule has 0 aliphatic carbocycles. The summed E-state index contributed by atoms with van der Waals surface area (Å²) >= 11 is 0. The topological polar surface area (TPSA) is 88.3 Å². The summed E-state index contributed by atoms with van der Waals surface area (Å²) < 4.78 is 6.40. The van der Waals surface area contributed by atoms with Crippen LogP contribution in [0.5, 0.6) is 5.75 Å². The third-order valence-electron chi connectivity index (χ3n) is 7.27. The first kappa shape index (κ1) is 24.3. The van der Waals surface area contributed by atoms with Gasteiger partial charge in [-0.3, -0.25) is 0 Å². The van der Waals surface area contributed by atoms with Crippen molar-refractivity contribution in [3.05, 3.63) is 89.5 Å². The molecule has 0 bridgehead atoms. The normalized spacial score (nSPS) is 20.5. The van der Waals surface area contributed by atoms with Gasteiger partial charge in [0.05, 0.1) is 23.6 Å². The molecule has 1 saturated heterocycles. The maximum atomic E-state index is 13.3. The lowest BCUT2D eigenvalue weighted by molar-refractivity contribution is -0.134. The van der Waals surface area contributed by atoms with E-state index in [9.17, 15) is 9.90 Å². The van der Waals surface area contributed by atoms with Crippen molar-refractivity contribution in [1.82, 2.24) is 5.06 Å². The first-order valence-electron chi connectivity index (χ1n) is 12.6. The predicted molar refractivity (Wildman–Crippen MR) is 139 cm³/mol. The molecule has 0 spiro atoms. The molecule has 3 aromatic rings. The van der Waals surface area contributed by atoms with E-state index in [1.807, 2.05) is 79.7 Å². The SMILES string of the molecule is Cc1ccc2c(c1O)C[C@@H](C1CCN(OC(=O)N(c3ccccc3)c3ccccc3)CC1)O[C@H]2CN. The number of benzene rings is 3. The summed E-state index contributed by atoms with van der Waals surface area (Å²) in [6, 6.07) is 23.0. The number of phenols is 1. The molecule has 7 nitrogen and oxygen atoms in total. The van der Waals surface area contributed by atoms with Crippen LogP contribution in [0.3, 0.4) is 0 Å². The Bertz CT molecular complexity index is 1140. The number of rotatable bonds is 5. The number of nitrogens with zero attached hydrogens (tertiary/aromatic N) is 2. The molecule has 2 heterocycles. The van der Waals surface area contributed by atoms with Crippen molar-refractivity contribution >= 4 is 17.5 Å². The van der Waals surface area contributed by atoms with Gasteiger partial charge >= 0.3 is 6.09 Å². The monoisotopic (exact) mass is 487 g/mol. The maximum Gasteiger partial charge on any atom is 0.438 e. The first-order valence-corrected chi connectivity index (χ1v) is 12.6. The fraction of sp³-hybridized carbons (Fsp3) is 0.345. The minimum absolute atomic E-state index is 0.0262. The number of para-hydroxylation sites is 2. The van der Waals surface area contributed by atoms with E-state index in [1.54, 1.807) is 9.96 Å². The Morgan fingerprint density at radius 1 is 1.03 bits per heavy atom. The highest BCUT2D eigenvalue weighted by atomic mass is 16.7. The van der Waals surface area contributed by atoms with Crippen molar-refractivity contribution in [2.24, 2.45) is 11.7 Å². The smallest absolute Gasteiger partial charge is 0.438 e. The Balaban J connectivity index is 1.24. The zero-order valence-electron chi connectivity index (χ0n) is 20.5. The number of phenolic OH excluding ortho intramolecular Hbond substituents is 1. The lowest BCUT2D eigenvalue weighted by Gasteiger charge is -2.40. The van der Waals surface area contributed by atoms with Crippen molar-refractivity contribution in [1.29, 1.82) is 0 Å². The molecular weight excluding hydrogens is 454 g/mol. The van der Waals surface area contributed by atoms with Gasteiger partial charge in [-0.1, -0.05) is 48.5 Å². The molecule has 3 N–H and O–H groups in total. The van der Waals surface area contributed by atoms with Crippen LogP contribution >= 0.6 is 0 Å². The number of piperidine rings is 1. The second-order valence-electron chi connectivity index (χ2n) is 9.53. The van der Waals surface area contributed by atoms with Crippen LogP contribution in [0.4, 0.5) is 16.2 Å². The number of amides is 1. The summed E-state index contributed by atoms with van der Waals surface area (Å²) in [6.07, 6.45) is 1.65. The Morgan fingerprint density at radius 2 is 1.64 bits per heavy atom. The minimum atomic E-state index is -0.433. The molecule has 0 radical (unpaired) electrons. The molecule has 5 rings (SSSR count). The number of carbonyl (C=O) groups excluding carboxylic acids is 1. The fourth-order valence-corrected chi connectivity index (χ4v) is 5.28. The second-order valence-corrected chi connectivity index (χ2v) is 9.53. The van der Waals surface area contributed by atoms with Crippen LogP contribution < -0.4 is 10.6 Å². The summed E-state index contributed by atoms with van der Waals surface area (Å²) in [7, 11) is 0. The van der Waals surface area contributed by atoms with E-state index in [4.69, 9.17) is 15.3 Å². The number of hydrogen-bond acceptors (Lipinski definition) is 6. The molecular formula is C29H33N3O4. The Kier molecular flexibility index (Phi) is 7.23. The Labute approximate surface area is 212 Å². The van der Waals surface area contributed by atoms with Gasteiger partial charge in [0.1, 0.15) is 5.75 Å². The third kappa shape index (κ3) is 4.95. The van der Waals surface area contributed by atoms with Crippen LogP contribution in [-0.4, -0.2) is 42.0 Å². The van der Waals surface area contributed by atoms with Crippen LogP contribution in [0.2, 0.25) is 0 Å². The highest BCUT2D eigenvalue weighted by Gasteiger charge is 2.36. The first-order chi connectivity index (χ1) is 17.5. The number of ether oxygens (including phenoxy) is 1. The van der Waals surface area contributed by atoms with Crippen LogP contribution in [0, 0.1) is 12.8 Å². The molecule has 1 amide bonds. The molecule has 0 saturated carbocycles. The van der Waals surface area contributed by atoms with Crippen molar-refractivity contribution in [3.8, 4) is 5.75 Å². The zero-order valence-corrected chi connectivity index (χ0v) is 20.5. The minimum Gasteiger partial charge on any atom is -0.507 e. The largest absolute Gasteiger partial charge is 0.507 e. The number of nitrogens with two attached hydrogens (primary N) is 1. The summed E-state index contributed by atoms with van der Waals surface area (Å²) in [5, 5.41) is 12.4. The van der Waals surface area contributed by atoms with Gasteiger partial charge in [-0.05, 0) is 61.1 Å². The van der Waals surface area contributed by atoms with Gasteiger partial charge in [-0.15, -0.1) is 5.06 Å². The summed E-state index contributed by atoms with van der Waals surface area (Å²) in [5.74, 6) is 0.647. The predicted octanol–water partition coefficient (Wildman–Crippen LogP) is 5.24. The van der Waals surface area contributed by atoms with Gasteiger partial charge in [-0.2, -0.15) is 0 Å². The van der Waals surface area contributed by atoms with E-state index in [1.165, 1.54) is 0 Å². The van der Waals surface area contributed by atoms with E-state index in [-0.39, 0.29) is 12.2 Å². The van der Waals surface area contributed by atoms with Crippen molar-refractivity contribution < 1.29 is 19.5 Å². The van der Waals surface area contributed by atoms with Gasteiger partial charge < -0.3 is 20.4 Å². The summed E-state index contributed by atoms with van der Waals surface area (Å²) in [6.45, 7) is 3.52. The zero-order chi connectivity index (χ0) is 25.1. The van der Waals surface area contributed by atoms with Gasteiger partial charge in [0.25, 0.3) is 0 Å². The number of carbonyl (C=O) groups is 1. The lowest BCUT2D eigenvalue weighted by atomic mass is 9.83. The molecule has 2 aliphatic heterocycles. The number of hydrogen-bond donors (Lipinski definition) is 2. The molecule has 188 valence electrons. The van der Waals surface area contributed by atoms with Crippen LogP contribution in [0.15, 0.2) is 72.8 Å². The van der Waals surface area contributed by atoms with Gasteiger partial charge in [0.2, 0.25) is 0 Å². The van der Waals surface area contributed by atoms with E-state index in [2.05, 4.69) is 0 Å². The molecule has 7 heteroatoms. The van der Waals surface area contributed by atoms with Crippen molar-refractivity contribution in [2.45, 2.75) is 38.4 Å². The summed E-state index contributed by atoms with van der Waals surface area (Å²) in [4.78, 5) is 20.7. The van der Waals surface area contributed by atoms with Crippen molar-refractivity contribution in [2.75, 3.05) is 24.5 Å². The van der Waals surface area contributed by atoms with Crippen LogP contribution in [-0.2, 0) is 16.0 Å². The standard InChI is InChI=1S/C29H33N3O4/c1-20-12-13-24-25(28(20)33)18-26(35-27(24)19-30)21-14-16-31(17-15-21)36-29(34)32(22-8-4-2-5-9-22)23-10-6-3-7-11-23/h2-13,21,26-27,33H,14-19,30H2,1H3/t26-,27-/m0/s1. The van der Waals surface area contributed by atoms with E-state index < -0.39 is 6.09 Å². The Morgan fingerprint density at radius 3 is 2.22 bits per heavy atom. The highest BCUT2D eigenvalue weighted by Crippen LogP contribution is 2.40. The van der Waals surface area contributed by atoms with E-state index in [0.717, 1.165) is 40.9 Å².